The van der Waals surface area contributed by atoms with Crippen molar-refractivity contribution in [1.29, 1.82) is 0 Å². The van der Waals surface area contributed by atoms with Gasteiger partial charge in [0.25, 0.3) is 0 Å². The Morgan fingerprint density at radius 2 is 2.28 bits per heavy atom. The van der Waals surface area contributed by atoms with Gasteiger partial charge in [-0.25, -0.2) is 4.98 Å². The summed E-state index contributed by atoms with van der Waals surface area (Å²) in [5.74, 6) is 0.427. The zero-order chi connectivity index (χ0) is 12.5. The highest BCUT2D eigenvalue weighted by Crippen LogP contribution is 2.18. The summed E-state index contributed by atoms with van der Waals surface area (Å²) in [5.41, 5.74) is 1.98. The third-order valence-corrected chi connectivity index (χ3v) is 3.70. The van der Waals surface area contributed by atoms with Gasteiger partial charge in [-0.1, -0.05) is 11.6 Å². The van der Waals surface area contributed by atoms with Crippen LogP contribution in [0.2, 0.25) is 5.02 Å². The van der Waals surface area contributed by atoms with Crippen LogP contribution in [0.15, 0.2) is 24.5 Å². The van der Waals surface area contributed by atoms with E-state index in [-0.39, 0.29) is 6.61 Å². The fraction of sp³-hybridized carbons (Fsp3) is 0.462. The fourth-order valence-corrected chi connectivity index (χ4v) is 2.70. The van der Waals surface area contributed by atoms with Gasteiger partial charge in [0.15, 0.2) is 0 Å². The maximum absolute atomic E-state index is 9.13. The molecule has 3 heterocycles. The molecule has 1 aliphatic heterocycles. The Hall–Kier alpha value is -1.10. The molecule has 1 N–H and O–H groups in total. The number of likely N-dealkylation sites (tertiary alicyclic amines) is 1. The van der Waals surface area contributed by atoms with E-state index < -0.39 is 0 Å². The molecule has 3 rings (SSSR count). The highest BCUT2D eigenvalue weighted by atomic mass is 35.5. The van der Waals surface area contributed by atoms with Crippen LogP contribution in [0.25, 0.3) is 5.65 Å². The molecule has 1 fully saturated rings. The lowest BCUT2D eigenvalue weighted by Gasteiger charge is -2.13. The minimum atomic E-state index is 0.289. The van der Waals surface area contributed by atoms with Crippen molar-refractivity contribution in [2.24, 2.45) is 5.92 Å². The molecule has 4 nitrogen and oxygen atoms in total. The van der Waals surface area contributed by atoms with Crippen LogP contribution in [0.4, 0.5) is 0 Å². The third kappa shape index (κ3) is 2.36. The van der Waals surface area contributed by atoms with Gasteiger partial charge >= 0.3 is 0 Å². The quantitative estimate of drug-likeness (QED) is 0.920. The average Bonchev–Trinajstić information content (AvgIpc) is 2.95. The monoisotopic (exact) mass is 265 g/mol. The third-order valence-electron chi connectivity index (χ3n) is 3.48. The maximum Gasteiger partial charge on any atom is 0.137 e. The molecule has 5 heteroatoms. The van der Waals surface area contributed by atoms with Crippen LogP contribution >= 0.6 is 11.6 Å². The molecule has 96 valence electrons. The highest BCUT2D eigenvalue weighted by molar-refractivity contribution is 6.30. The van der Waals surface area contributed by atoms with E-state index in [1.807, 2.05) is 28.9 Å². The topological polar surface area (TPSA) is 40.8 Å². The number of aromatic nitrogens is 2. The molecule has 18 heavy (non-hydrogen) atoms. The van der Waals surface area contributed by atoms with Gasteiger partial charge in [0.2, 0.25) is 0 Å². The molecule has 1 aliphatic rings. The predicted octanol–water partition coefficient (Wildman–Crippen LogP) is 1.80. The Balaban J connectivity index is 1.75. The number of fused-ring (bicyclic) bond motifs is 1. The van der Waals surface area contributed by atoms with E-state index in [4.69, 9.17) is 16.7 Å². The molecule has 0 aromatic carbocycles. The zero-order valence-corrected chi connectivity index (χ0v) is 10.8. The molecule has 0 radical (unpaired) electrons. The number of aliphatic hydroxyl groups is 1. The predicted molar refractivity (Wildman–Crippen MR) is 70.7 cm³/mol. The average molecular weight is 266 g/mol. The molecule has 2 aromatic rings. The number of hydrogen-bond acceptors (Lipinski definition) is 3. The SMILES string of the molecule is OCC1CCN(Cc2cn3cc(Cl)ccc3n2)C1. The van der Waals surface area contributed by atoms with E-state index in [1.165, 1.54) is 0 Å². The highest BCUT2D eigenvalue weighted by Gasteiger charge is 2.22. The van der Waals surface area contributed by atoms with Crippen LogP contribution in [-0.4, -0.2) is 39.1 Å². The lowest BCUT2D eigenvalue weighted by atomic mass is 10.1. The molecule has 0 saturated carbocycles. The van der Waals surface area contributed by atoms with Crippen molar-refractivity contribution in [3.05, 3.63) is 35.2 Å². The Morgan fingerprint density at radius 3 is 3.06 bits per heavy atom. The van der Waals surface area contributed by atoms with Gasteiger partial charge in [-0.15, -0.1) is 0 Å². The van der Waals surface area contributed by atoms with Crippen molar-refractivity contribution in [3.63, 3.8) is 0 Å². The van der Waals surface area contributed by atoms with E-state index in [0.717, 1.165) is 37.4 Å². The number of imidazole rings is 1. The number of aliphatic hydroxyl groups excluding tert-OH is 1. The van der Waals surface area contributed by atoms with Gasteiger partial charge in [-0.2, -0.15) is 0 Å². The van der Waals surface area contributed by atoms with Gasteiger partial charge in [0.1, 0.15) is 5.65 Å². The van der Waals surface area contributed by atoms with Crippen LogP contribution in [0.1, 0.15) is 12.1 Å². The number of pyridine rings is 1. The summed E-state index contributed by atoms with van der Waals surface area (Å²) >= 11 is 5.95. The van der Waals surface area contributed by atoms with Crippen molar-refractivity contribution in [2.45, 2.75) is 13.0 Å². The number of rotatable bonds is 3. The van der Waals surface area contributed by atoms with Crippen LogP contribution in [0, 0.1) is 5.92 Å². The van der Waals surface area contributed by atoms with Crippen LogP contribution in [-0.2, 0) is 6.54 Å². The molecular weight excluding hydrogens is 250 g/mol. The molecule has 0 amide bonds. The first-order chi connectivity index (χ1) is 8.74. The summed E-state index contributed by atoms with van der Waals surface area (Å²) in [4.78, 5) is 6.91. The summed E-state index contributed by atoms with van der Waals surface area (Å²) in [6.07, 6.45) is 4.97. The molecule has 1 atom stereocenters. The summed E-state index contributed by atoms with van der Waals surface area (Å²) in [7, 11) is 0. The summed E-state index contributed by atoms with van der Waals surface area (Å²) in [5, 5.41) is 9.85. The van der Waals surface area contributed by atoms with Crippen molar-refractivity contribution in [2.75, 3.05) is 19.7 Å². The van der Waals surface area contributed by atoms with Gasteiger partial charge in [-0.05, 0) is 31.0 Å². The minimum Gasteiger partial charge on any atom is -0.396 e. The molecule has 0 bridgehead atoms. The molecule has 2 aromatic heterocycles. The second-order valence-electron chi connectivity index (χ2n) is 4.92. The Kier molecular flexibility index (Phi) is 3.24. The molecular formula is C13H16ClN3O. The fourth-order valence-electron chi connectivity index (χ4n) is 2.53. The van der Waals surface area contributed by atoms with Crippen LogP contribution < -0.4 is 0 Å². The first-order valence-electron chi connectivity index (χ1n) is 6.21. The smallest absolute Gasteiger partial charge is 0.137 e. The molecule has 0 spiro atoms. The van der Waals surface area contributed by atoms with Crippen LogP contribution in [0.5, 0.6) is 0 Å². The zero-order valence-electron chi connectivity index (χ0n) is 10.1. The van der Waals surface area contributed by atoms with Crippen molar-refractivity contribution < 1.29 is 5.11 Å². The largest absolute Gasteiger partial charge is 0.396 e. The van der Waals surface area contributed by atoms with Gasteiger partial charge < -0.3 is 9.51 Å². The standard InChI is InChI=1S/C13H16ClN3O/c14-11-1-2-13-15-12(8-17(13)6-11)7-16-4-3-10(5-16)9-18/h1-2,6,8,10,18H,3-5,7,9H2. The Morgan fingerprint density at radius 1 is 1.39 bits per heavy atom. The van der Waals surface area contributed by atoms with Crippen molar-refractivity contribution >= 4 is 17.2 Å². The Labute approximate surface area is 111 Å². The van der Waals surface area contributed by atoms with E-state index in [2.05, 4.69) is 9.88 Å². The van der Waals surface area contributed by atoms with Gasteiger partial charge in [-0.3, -0.25) is 4.90 Å². The maximum atomic E-state index is 9.13. The van der Waals surface area contributed by atoms with E-state index in [0.29, 0.717) is 10.9 Å². The van der Waals surface area contributed by atoms with E-state index >= 15 is 0 Å². The normalized spacial score (nSPS) is 20.9. The van der Waals surface area contributed by atoms with E-state index in [9.17, 15) is 0 Å². The number of hydrogen-bond donors (Lipinski definition) is 1. The van der Waals surface area contributed by atoms with E-state index in [1.54, 1.807) is 0 Å². The molecule has 1 unspecified atom stereocenters. The number of halogens is 1. The second-order valence-corrected chi connectivity index (χ2v) is 5.35. The van der Waals surface area contributed by atoms with Crippen LogP contribution in [0.3, 0.4) is 0 Å². The Bertz CT molecular complexity index is 554. The first-order valence-corrected chi connectivity index (χ1v) is 6.59. The molecule has 0 aliphatic carbocycles. The van der Waals surface area contributed by atoms with Crippen molar-refractivity contribution in [3.8, 4) is 0 Å². The lowest BCUT2D eigenvalue weighted by molar-refractivity contribution is 0.219. The summed E-state index contributed by atoms with van der Waals surface area (Å²) in [6, 6.07) is 3.78. The van der Waals surface area contributed by atoms with Gasteiger partial charge in [0.05, 0.1) is 10.7 Å². The number of nitrogens with zero attached hydrogens (tertiary/aromatic N) is 3. The molecule has 1 saturated heterocycles. The first kappa shape index (κ1) is 12.0. The lowest BCUT2D eigenvalue weighted by Crippen LogP contribution is -2.21. The summed E-state index contributed by atoms with van der Waals surface area (Å²) in [6.45, 7) is 3.14. The second kappa shape index (κ2) is 4.88. The van der Waals surface area contributed by atoms with Gasteiger partial charge in [0, 0.05) is 32.1 Å². The van der Waals surface area contributed by atoms with Crippen molar-refractivity contribution in [1.82, 2.24) is 14.3 Å². The summed E-state index contributed by atoms with van der Waals surface area (Å²) < 4.78 is 1.96. The minimum absolute atomic E-state index is 0.289.